The number of hydrogen-bond acceptors (Lipinski definition) is 5. The number of aromatic nitrogens is 2. The van der Waals surface area contributed by atoms with E-state index >= 15 is 0 Å². The topological polar surface area (TPSA) is 60.2 Å². The highest BCUT2D eigenvalue weighted by molar-refractivity contribution is 5.01. The predicted molar refractivity (Wildman–Crippen MR) is 54.6 cm³/mol. The van der Waals surface area contributed by atoms with Crippen molar-refractivity contribution in [3.63, 3.8) is 0 Å². The number of nitrogens with one attached hydrogen (secondary N) is 1. The molecule has 0 spiro atoms. The van der Waals surface area contributed by atoms with Crippen molar-refractivity contribution < 1.29 is 9.26 Å². The van der Waals surface area contributed by atoms with Crippen molar-refractivity contribution in [1.82, 2.24) is 15.5 Å². The minimum atomic E-state index is -0.0950. The number of ether oxygens (including phenoxy) is 1. The molecular weight excluding hydrogens is 194 g/mol. The lowest BCUT2D eigenvalue weighted by atomic mass is 9.96. The molecule has 0 radical (unpaired) electrons. The van der Waals surface area contributed by atoms with Crippen LogP contribution in [0.4, 0.5) is 0 Å². The van der Waals surface area contributed by atoms with Crippen molar-refractivity contribution in [1.29, 1.82) is 0 Å². The minimum absolute atomic E-state index is 0.0795. The Balaban J connectivity index is 2.12. The molecule has 1 saturated heterocycles. The van der Waals surface area contributed by atoms with Gasteiger partial charge in [0.1, 0.15) is 6.10 Å². The summed E-state index contributed by atoms with van der Waals surface area (Å²) < 4.78 is 10.7. The van der Waals surface area contributed by atoms with E-state index in [4.69, 9.17) is 9.26 Å². The average Bonchev–Trinajstić information content (AvgIpc) is 2.67. The van der Waals surface area contributed by atoms with E-state index in [-0.39, 0.29) is 11.5 Å². The summed E-state index contributed by atoms with van der Waals surface area (Å²) in [4.78, 5) is 4.36. The van der Waals surface area contributed by atoms with Crippen LogP contribution in [0.15, 0.2) is 4.52 Å². The van der Waals surface area contributed by atoms with Crippen molar-refractivity contribution in [2.24, 2.45) is 0 Å². The van der Waals surface area contributed by atoms with Crippen LogP contribution in [0.3, 0.4) is 0 Å². The van der Waals surface area contributed by atoms with E-state index in [9.17, 15) is 0 Å². The van der Waals surface area contributed by atoms with E-state index in [1.807, 2.05) is 0 Å². The predicted octanol–water partition coefficient (Wildman–Crippen LogP) is 1.03. The van der Waals surface area contributed by atoms with Crippen LogP contribution in [0, 0.1) is 0 Å². The van der Waals surface area contributed by atoms with Gasteiger partial charge in [-0.15, -0.1) is 0 Å². The molecule has 1 fully saturated rings. The number of nitrogens with zero attached hydrogens (tertiary/aromatic N) is 2. The number of rotatable bonds is 1. The maximum Gasteiger partial charge on any atom is 0.257 e. The first-order valence-electron chi connectivity index (χ1n) is 5.24. The maximum atomic E-state index is 5.53. The second-order valence-electron chi connectivity index (χ2n) is 4.77. The molecular formula is C10H17N3O2. The summed E-state index contributed by atoms with van der Waals surface area (Å²) >= 11 is 0. The molecule has 2 rings (SSSR count). The Labute approximate surface area is 89.2 Å². The summed E-state index contributed by atoms with van der Waals surface area (Å²) in [7, 11) is 0. The lowest BCUT2D eigenvalue weighted by Gasteiger charge is -2.20. The van der Waals surface area contributed by atoms with Crippen LogP contribution in [0.2, 0.25) is 0 Å². The first kappa shape index (κ1) is 10.6. The van der Waals surface area contributed by atoms with Gasteiger partial charge in [0.25, 0.3) is 5.89 Å². The highest BCUT2D eigenvalue weighted by Crippen LogP contribution is 2.22. The summed E-state index contributed by atoms with van der Waals surface area (Å²) in [6, 6.07) is 0. The summed E-state index contributed by atoms with van der Waals surface area (Å²) in [5, 5.41) is 7.20. The molecule has 1 atom stereocenters. The molecule has 2 heterocycles. The normalized spacial score (nSPS) is 23.0. The van der Waals surface area contributed by atoms with Crippen LogP contribution in [0.25, 0.3) is 0 Å². The number of hydrogen-bond donors (Lipinski definition) is 1. The SMILES string of the molecule is CC(C)(C)c1noc([C@H]2CNCCO2)n1. The van der Waals surface area contributed by atoms with Gasteiger partial charge in [0.15, 0.2) is 5.82 Å². The zero-order valence-electron chi connectivity index (χ0n) is 9.41. The molecule has 15 heavy (non-hydrogen) atoms. The molecule has 0 amide bonds. The maximum absolute atomic E-state index is 5.53. The Kier molecular flexibility index (Phi) is 2.75. The molecule has 0 saturated carbocycles. The zero-order chi connectivity index (χ0) is 10.9. The van der Waals surface area contributed by atoms with E-state index in [0.717, 1.165) is 18.9 Å². The van der Waals surface area contributed by atoms with E-state index in [0.29, 0.717) is 12.5 Å². The van der Waals surface area contributed by atoms with Gasteiger partial charge in [-0.2, -0.15) is 4.98 Å². The minimum Gasteiger partial charge on any atom is -0.366 e. The van der Waals surface area contributed by atoms with Crippen molar-refractivity contribution in [3.8, 4) is 0 Å². The first-order valence-corrected chi connectivity index (χ1v) is 5.24. The summed E-state index contributed by atoms with van der Waals surface area (Å²) in [6.07, 6.45) is -0.0950. The fourth-order valence-electron chi connectivity index (χ4n) is 1.39. The van der Waals surface area contributed by atoms with Gasteiger partial charge in [-0.05, 0) is 0 Å². The molecule has 5 heteroatoms. The van der Waals surface area contributed by atoms with Gasteiger partial charge >= 0.3 is 0 Å². The molecule has 1 aliphatic rings. The average molecular weight is 211 g/mol. The monoisotopic (exact) mass is 211 g/mol. The van der Waals surface area contributed by atoms with Gasteiger partial charge in [0, 0.05) is 18.5 Å². The highest BCUT2D eigenvalue weighted by Gasteiger charge is 2.26. The smallest absolute Gasteiger partial charge is 0.257 e. The van der Waals surface area contributed by atoms with Gasteiger partial charge in [-0.25, -0.2) is 0 Å². The third-order valence-electron chi connectivity index (χ3n) is 2.32. The lowest BCUT2D eigenvalue weighted by Crippen LogP contribution is -2.33. The van der Waals surface area contributed by atoms with E-state index < -0.39 is 0 Å². The molecule has 1 aliphatic heterocycles. The second-order valence-corrected chi connectivity index (χ2v) is 4.77. The first-order chi connectivity index (χ1) is 7.07. The van der Waals surface area contributed by atoms with Crippen molar-refractivity contribution in [2.75, 3.05) is 19.7 Å². The van der Waals surface area contributed by atoms with E-state index in [1.54, 1.807) is 0 Å². The third kappa shape index (κ3) is 2.35. The quantitative estimate of drug-likeness (QED) is 0.751. The summed E-state index contributed by atoms with van der Waals surface area (Å²) in [5.74, 6) is 1.30. The van der Waals surface area contributed by atoms with Gasteiger partial charge in [0.05, 0.1) is 6.61 Å². The van der Waals surface area contributed by atoms with Crippen LogP contribution >= 0.6 is 0 Å². The van der Waals surface area contributed by atoms with E-state index in [2.05, 4.69) is 36.2 Å². The lowest BCUT2D eigenvalue weighted by molar-refractivity contribution is 0.00755. The molecule has 0 aromatic carbocycles. The standard InChI is InChI=1S/C10H17N3O2/c1-10(2,3)9-12-8(15-13-9)7-6-11-4-5-14-7/h7,11H,4-6H2,1-3H3/t7-/m1/s1. The highest BCUT2D eigenvalue weighted by atomic mass is 16.5. The molecule has 84 valence electrons. The van der Waals surface area contributed by atoms with Crippen molar-refractivity contribution in [3.05, 3.63) is 11.7 Å². The van der Waals surface area contributed by atoms with Crippen LogP contribution in [-0.2, 0) is 10.2 Å². The molecule has 1 N–H and O–H groups in total. The van der Waals surface area contributed by atoms with Crippen molar-refractivity contribution in [2.45, 2.75) is 32.3 Å². The van der Waals surface area contributed by atoms with Crippen LogP contribution in [-0.4, -0.2) is 29.8 Å². The fourth-order valence-corrected chi connectivity index (χ4v) is 1.39. The molecule has 0 aliphatic carbocycles. The molecule has 0 bridgehead atoms. The Hall–Kier alpha value is -0.940. The molecule has 0 unspecified atom stereocenters. The zero-order valence-corrected chi connectivity index (χ0v) is 9.41. The Morgan fingerprint density at radius 1 is 1.40 bits per heavy atom. The molecule has 1 aromatic rings. The largest absolute Gasteiger partial charge is 0.366 e. The van der Waals surface area contributed by atoms with Gasteiger partial charge in [-0.3, -0.25) is 0 Å². The summed E-state index contributed by atoms with van der Waals surface area (Å²) in [6.45, 7) is 8.49. The Bertz CT molecular complexity index is 324. The second kappa shape index (κ2) is 3.90. The molecule has 5 nitrogen and oxygen atoms in total. The van der Waals surface area contributed by atoms with Crippen LogP contribution in [0.5, 0.6) is 0 Å². The van der Waals surface area contributed by atoms with Crippen LogP contribution in [0.1, 0.15) is 38.6 Å². The van der Waals surface area contributed by atoms with Crippen LogP contribution < -0.4 is 5.32 Å². The Morgan fingerprint density at radius 2 is 2.20 bits per heavy atom. The summed E-state index contributed by atoms with van der Waals surface area (Å²) in [5.41, 5.74) is -0.0795. The van der Waals surface area contributed by atoms with E-state index in [1.165, 1.54) is 0 Å². The molecule has 1 aromatic heterocycles. The van der Waals surface area contributed by atoms with Gasteiger partial charge in [-0.1, -0.05) is 25.9 Å². The van der Waals surface area contributed by atoms with Crippen molar-refractivity contribution >= 4 is 0 Å². The third-order valence-corrected chi connectivity index (χ3v) is 2.32. The van der Waals surface area contributed by atoms with Gasteiger partial charge < -0.3 is 14.6 Å². The number of morpholine rings is 1. The fraction of sp³-hybridized carbons (Fsp3) is 0.800. The Morgan fingerprint density at radius 3 is 2.73 bits per heavy atom. The van der Waals surface area contributed by atoms with Gasteiger partial charge in [0.2, 0.25) is 0 Å².